The smallest absolute Gasteiger partial charge is 0.181 e. The van der Waals surface area contributed by atoms with Crippen LogP contribution in [0.5, 0.6) is 0 Å². The summed E-state index contributed by atoms with van der Waals surface area (Å²) in [5, 5.41) is 15.6. The largest absolute Gasteiger partial charge is 0.310 e. The van der Waals surface area contributed by atoms with Crippen LogP contribution < -0.4 is 41.2 Å². The van der Waals surface area contributed by atoms with Gasteiger partial charge in [0.2, 0.25) is 0 Å². The van der Waals surface area contributed by atoms with Crippen molar-refractivity contribution in [2.75, 3.05) is 4.90 Å². The highest BCUT2D eigenvalue weighted by molar-refractivity contribution is 8.00. The van der Waals surface area contributed by atoms with Gasteiger partial charge in [-0.2, -0.15) is 0 Å². The van der Waals surface area contributed by atoms with Crippen molar-refractivity contribution in [3.05, 3.63) is 231 Å². The van der Waals surface area contributed by atoms with E-state index in [0.717, 1.165) is 5.69 Å². The van der Waals surface area contributed by atoms with E-state index in [1.807, 2.05) is 11.8 Å². The van der Waals surface area contributed by atoms with Gasteiger partial charge in [-0.05, 0) is 90.5 Å². The number of hydrogen-bond acceptors (Lipinski definition) is 2. The highest BCUT2D eigenvalue weighted by Crippen LogP contribution is 2.43. The van der Waals surface area contributed by atoms with Crippen molar-refractivity contribution in [3.63, 3.8) is 0 Å². The van der Waals surface area contributed by atoms with E-state index >= 15 is 0 Å². The summed E-state index contributed by atoms with van der Waals surface area (Å²) in [7, 11) is -4.78. The molecule has 0 N–H and O–H groups in total. The minimum Gasteiger partial charge on any atom is -0.310 e. The molecule has 0 radical (unpaired) electrons. The maximum atomic E-state index is 2.64. The molecular weight excluding hydrogens is 775 g/mol. The van der Waals surface area contributed by atoms with Crippen molar-refractivity contribution in [3.8, 4) is 11.1 Å². The second-order valence-electron chi connectivity index (χ2n) is 16.0. The van der Waals surface area contributed by atoms with Gasteiger partial charge in [0.05, 0.1) is 5.69 Å². The van der Waals surface area contributed by atoms with Gasteiger partial charge in [-0.3, -0.25) is 0 Å². The zero-order chi connectivity index (χ0) is 39.6. The number of benzene rings is 10. The quantitative estimate of drug-likeness (QED) is 0.126. The molecule has 10 aromatic carbocycles. The van der Waals surface area contributed by atoms with E-state index in [0.29, 0.717) is 0 Å². The molecule has 1 atom stereocenters. The molecule has 2 heterocycles. The van der Waals surface area contributed by atoms with E-state index in [1.165, 1.54) is 79.8 Å². The van der Waals surface area contributed by atoms with Crippen LogP contribution in [0.15, 0.2) is 240 Å². The molecule has 1 nitrogen and oxygen atoms in total. The third-order valence-electron chi connectivity index (χ3n) is 12.8. The van der Waals surface area contributed by atoms with Crippen LogP contribution in [0.1, 0.15) is 0 Å². The molecule has 1 spiro atoms. The molecule has 0 aliphatic carbocycles. The monoisotopic (exact) mass is 813 g/mol. The molecule has 2 aliphatic rings. The lowest BCUT2D eigenvalue weighted by Gasteiger charge is -2.46. The van der Waals surface area contributed by atoms with E-state index < -0.39 is 16.9 Å². The molecule has 0 bridgehead atoms. The Morgan fingerprint density at radius 1 is 0.367 bits per heavy atom. The molecule has 282 valence electrons. The molecule has 10 aromatic rings. The van der Waals surface area contributed by atoms with Crippen LogP contribution in [-0.4, -0.2) is 16.9 Å². The summed E-state index contributed by atoms with van der Waals surface area (Å²) in [6.07, 6.45) is 0. The third kappa shape index (κ3) is 5.38. The summed E-state index contributed by atoms with van der Waals surface area (Å²) in [5.74, 6) is 0. The second kappa shape index (κ2) is 14.2. The number of hydrogen-bond donors (Lipinski definition) is 0. The first-order valence-corrected chi connectivity index (χ1v) is 25.3. The Morgan fingerprint density at radius 3 is 1.63 bits per heavy atom. The minimum atomic E-state index is -2.87. The summed E-state index contributed by atoms with van der Waals surface area (Å²) in [6, 6.07) is 87.3. The maximum Gasteiger partial charge on any atom is 0.181 e. The van der Waals surface area contributed by atoms with E-state index in [-0.39, 0.29) is 0 Å². The van der Waals surface area contributed by atoms with Crippen LogP contribution >= 0.6 is 11.8 Å². The molecule has 1 unspecified atom stereocenters. The van der Waals surface area contributed by atoms with Gasteiger partial charge in [0.1, 0.15) is 8.80 Å². The van der Waals surface area contributed by atoms with Gasteiger partial charge in [0.25, 0.3) is 0 Å². The Bertz CT molecular complexity index is 3210. The van der Waals surface area contributed by atoms with Crippen LogP contribution in [-0.2, 0) is 0 Å². The van der Waals surface area contributed by atoms with Gasteiger partial charge in [0.15, 0.2) is 8.07 Å². The lowest BCUT2D eigenvalue weighted by Crippen LogP contribution is -2.87. The normalized spacial score (nSPS) is 14.6. The summed E-state index contributed by atoms with van der Waals surface area (Å²) in [6.45, 7) is 0. The predicted octanol–water partition coefficient (Wildman–Crippen LogP) is 9.53. The van der Waals surface area contributed by atoms with Crippen molar-refractivity contribution in [2.24, 2.45) is 0 Å². The van der Waals surface area contributed by atoms with Crippen LogP contribution in [0.25, 0.3) is 32.7 Å². The summed E-state index contributed by atoms with van der Waals surface area (Å²) < 4.78 is 0. The van der Waals surface area contributed by atoms with Gasteiger partial charge in [-0.15, -0.1) is 0 Å². The topological polar surface area (TPSA) is 3.24 Å². The van der Waals surface area contributed by atoms with E-state index in [9.17, 15) is 0 Å². The summed E-state index contributed by atoms with van der Waals surface area (Å²) in [4.78, 5) is 5.30. The van der Waals surface area contributed by atoms with Gasteiger partial charge < -0.3 is 4.90 Å². The highest BCUT2D eigenvalue weighted by atomic mass is 32.2. The predicted molar refractivity (Wildman–Crippen MR) is 262 cm³/mol. The summed E-state index contributed by atoms with van der Waals surface area (Å²) >= 11 is 1.94. The van der Waals surface area contributed by atoms with Crippen molar-refractivity contribution < 1.29 is 0 Å². The van der Waals surface area contributed by atoms with E-state index in [1.54, 1.807) is 10.4 Å². The molecule has 0 saturated heterocycles. The van der Waals surface area contributed by atoms with Crippen molar-refractivity contribution in [1.29, 1.82) is 0 Å². The molecule has 0 amide bonds. The molecule has 4 heteroatoms. The molecule has 60 heavy (non-hydrogen) atoms. The fourth-order valence-electron chi connectivity index (χ4n) is 10.3. The van der Waals surface area contributed by atoms with E-state index in [4.69, 9.17) is 0 Å². The lowest BCUT2D eigenvalue weighted by atomic mass is 9.98. The van der Waals surface area contributed by atoms with Crippen molar-refractivity contribution in [2.45, 2.75) is 9.79 Å². The Kier molecular flexibility index (Phi) is 8.37. The standard InChI is InChI=1S/C56H39NSSi2/c1-3-17-39(18-4-1)40-31-33-42(34-32-40)57(48-37-41-19-7-8-22-45(41)46-23-9-10-24-47(46)48)43-35-36-52-56(38-43)60(53-28-14-11-25-49(53)58-50-26-12-15-29-54(50)60)55-30-16-13-27-51(55)59(52)44-20-5-2-6-21-44/h1-38,59H. The fourth-order valence-corrected chi connectivity index (χ4v) is 22.7. The first-order chi connectivity index (χ1) is 29.8. The van der Waals surface area contributed by atoms with Crippen LogP contribution in [0.3, 0.4) is 0 Å². The molecule has 2 aliphatic heterocycles. The third-order valence-corrected chi connectivity index (χ3v) is 23.2. The lowest BCUT2D eigenvalue weighted by molar-refractivity contribution is 1.30. The van der Waals surface area contributed by atoms with Crippen molar-refractivity contribution in [1.82, 2.24) is 0 Å². The first-order valence-electron chi connectivity index (χ1n) is 20.8. The van der Waals surface area contributed by atoms with Crippen LogP contribution in [0, 0.1) is 0 Å². The Morgan fingerprint density at radius 2 is 0.900 bits per heavy atom. The fraction of sp³-hybridized carbons (Fsp3) is 0. The Balaban J connectivity index is 1.19. The molecular formula is C56H39NSSi2. The van der Waals surface area contributed by atoms with Crippen LogP contribution in [0.4, 0.5) is 17.1 Å². The SMILES string of the molecule is c1ccc(-c2ccc(N(c3ccc4c(c3)[Si]3(c5ccccc5Sc5ccccc53)c3ccccc3[SiH]4c3ccccc3)c3cc4ccccc4c4ccccc34)cc2)cc1. The highest BCUT2D eigenvalue weighted by Gasteiger charge is 2.53. The first kappa shape index (κ1) is 35.3. The van der Waals surface area contributed by atoms with Gasteiger partial charge in [-0.1, -0.05) is 215 Å². The zero-order valence-electron chi connectivity index (χ0n) is 32.9. The minimum absolute atomic E-state index is 1.14. The zero-order valence-corrected chi connectivity index (χ0v) is 35.8. The van der Waals surface area contributed by atoms with Crippen LogP contribution in [0.2, 0.25) is 0 Å². The Labute approximate surface area is 357 Å². The second-order valence-corrected chi connectivity index (χ2v) is 23.5. The summed E-state index contributed by atoms with van der Waals surface area (Å²) in [5.41, 5.74) is 5.93. The molecule has 12 rings (SSSR count). The maximum absolute atomic E-state index is 2.87. The van der Waals surface area contributed by atoms with Gasteiger partial charge in [0, 0.05) is 26.6 Å². The van der Waals surface area contributed by atoms with E-state index in [2.05, 4.69) is 235 Å². The number of anilines is 3. The number of fused-ring (bicyclic) bond motifs is 11. The number of rotatable bonds is 5. The average Bonchev–Trinajstić information content (AvgIpc) is 3.32. The molecule has 0 fully saturated rings. The van der Waals surface area contributed by atoms with Gasteiger partial charge >= 0.3 is 0 Å². The van der Waals surface area contributed by atoms with Gasteiger partial charge in [-0.25, -0.2) is 0 Å². The van der Waals surface area contributed by atoms with Crippen molar-refractivity contribution >= 4 is 104 Å². The molecule has 0 saturated carbocycles. The average molecular weight is 814 g/mol. The molecule has 0 aromatic heterocycles. The number of nitrogens with zero attached hydrogens (tertiary/aromatic N) is 1. The Hall–Kier alpha value is -6.70.